The lowest BCUT2D eigenvalue weighted by Gasteiger charge is -2.20. The van der Waals surface area contributed by atoms with Crippen LogP contribution >= 0.6 is 24.4 Å². The third-order valence-electron chi connectivity index (χ3n) is 2.19. The number of thiol groups is 1. The van der Waals surface area contributed by atoms with Crippen molar-refractivity contribution in [2.24, 2.45) is 5.92 Å². The zero-order valence-corrected chi connectivity index (χ0v) is 10.1. The molecule has 1 fully saturated rings. The molecule has 1 aliphatic heterocycles. The molecule has 1 rings (SSSR count). The van der Waals surface area contributed by atoms with E-state index in [1.165, 1.54) is 0 Å². The molecule has 76 valence electrons. The van der Waals surface area contributed by atoms with E-state index >= 15 is 0 Å². The molecule has 0 aromatic rings. The average Bonchev–Trinajstić information content (AvgIpc) is 2.43. The van der Waals surface area contributed by atoms with Crippen LogP contribution in [0.2, 0.25) is 0 Å². The molecule has 13 heavy (non-hydrogen) atoms. The summed E-state index contributed by atoms with van der Waals surface area (Å²) in [5.74, 6) is 1.77. The Balaban J connectivity index is 2.51. The summed E-state index contributed by atoms with van der Waals surface area (Å²) in [4.78, 5) is 13.7. The van der Waals surface area contributed by atoms with Crippen LogP contribution in [0.25, 0.3) is 0 Å². The van der Waals surface area contributed by atoms with Gasteiger partial charge < -0.3 is 4.90 Å². The van der Waals surface area contributed by atoms with Gasteiger partial charge in [0.15, 0.2) is 0 Å². The highest BCUT2D eigenvalue weighted by atomic mass is 32.2. The lowest BCUT2D eigenvalue weighted by Crippen LogP contribution is -2.36. The molecule has 0 saturated carbocycles. The third-order valence-corrected chi connectivity index (χ3v) is 4.09. The minimum atomic E-state index is 0.0535. The molecule has 1 unspecified atom stereocenters. The number of thioether (sulfide) groups is 1. The summed E-state index contributed by atoms with van der Waals surface area (Å²) in [6.07, 6.45) is 0. The van der Waals surface area contributed by atoms with Gasteiger partial charge in [0, 0.05) is 23.0 Å². The van der Waals surface area contributed by atoms with Gasteiger partial charge in [-0.2, -0.15) is 12.6 Å². The lowest BCUT2D eigenvalue weighted by molar-refractivity contribution is -0.133. The zero-order chi connectivity index (χ0) is 10.1. The van der Waals surface area contributed by atoms with E-state index in [2.05, 4.69) is 26.5 Å². The van der Waals surface area contributed by atoms with Crippen LogP contribution in [0.1, 0.15) is 20.8 Å². The molecule has 0 bridgehead atoms. The molecule has 1 amide bonds. The molecule has 1 atom stereocenters. The van der Waals surface area contributed by atoms with Gasteiger partial charge in [-0.15, -0.1) is 11.8 Å². The third kappa shape index (κ3) is 2.81. The Kier molecular flexibility index (Phi) is 3.57. The van der Waals surface area contributed by atoms with Crippen molar-refractivity contribution in [3.8, 4) is 0 Å². The quantitative estimate of drug-likeness (QED) is 0.716. The topological polar surface area (TPSA) is 20.3 Å². The monoisotopic (exact) mass is 219 g/mol. The Bertz CT molecular complexity index is 206. The fourth-order valence-electron chi connectivity index (χ4n) is 1.33. The van der Waals surface area contributed by atoms with Crippen LogP contribution in [-0.4, -0.2) is 33.7 Å². The summed E-state index contributed by atoms with van der Waals surface area (Å²) >= 11 is 5.98. The maximum Gasteiger partial charge on any atom is 0.226 e. The second-order valence-electron chi connectivity index (χ2n) is 4.15. The van der Waals surface area contributed by atoms with Gasteiger partial charge in [0.1, 0.15) is 0 Å². The van der Waals surface area contributed by atoms with E-state index in [1.807, 2.05) is 23.6 Å². The second-order valence-corrected chi connectivity index (χ2v) is 6.17. The van der Waals surface area contributed by atoms with E-state index in [0.717, 1.165) is 12.4 Å². The van der Waals surface area contributed by atoms with Crippen molar-refractivity contribution in [1.29, 1.82) is 0 Å². The number of hydrogen-bond acceptors (Lipinski definition) is 3. The zero-order valence-electron chi connectivity index (χ0n) is 8.41. The molecule has 4 heteroatoms. The average molecular weight is 219 g/mol. The summed E-state index contributed by atoms with van der Waals surface area (Å²) in [5, 5.41) is 0. The molecule has 1 heterocycles. The van der Waals surface area contributed by atoms with Gasteiger partial charge in [-0.05, 0) is 13.8 Å². The molecule has 0 radical (unpaired) electrons. The number of carbonyl (C=O) groups is 1. The standard InChI is InChI=1S/C9H17NOS2/c1-7(4-12)8(11)10-5-9(2,3)13-6-10/h7,12H,4-6H2,1-3H3. The van der Waals surface area contributed by atoms with Crippen molar-refractivity contribution in [2.45, 2.75) is 25.5 Å². The predicted octanol–water partition coefficient (Wildman–Crippen LogP) is 1.86. The normalized spacial score (nSPS) is 23.2. The molecule has 0 N–H and O–H groups in total. The van der Waals surface area contributed by atoms with Gasteiger partial charge >= 0.3 is 0 Å². The number of hydrogen-bond donors (Lipinski definition) is 1. The number of carbonyl (C=O) groups excluding carboxylic acids is 1. The maximum atomic E-state index is 11.7. The summed E-state index contributed by atoms with van der Waals surface area (Å²) < 4.78 is 0.228. The molecular formula is C9H17NOS2. The minimum Gasteiger partial charge on any atom is -0.332 e. The van der Waals surface area contributed by atoms with Crippen LogP contribution in [0, 0.1) is 5.92 Å². The molecule has 0 aromatic carbocycles. The Morgan fingerprint density at radius 1 is 1.69 bits per heavy atom. The largest absolute Gasteiger partial charge is 0.332 e. The van der Waals surface area contributed by atoms with Gasteiger partial charge in [0.25, 0.3) is 0 Å². The van der Waals surface area contributed by atoms with Gasteiger partial charge in [-0.3, -0.25) is 4.79 Å². The van der Waals surface area contributed by atoms with Gasteiger partial charge in [0.05, 0.1) is 5.88 Å². The fraction of sp³-hybridized carbons (Fsp3) is 0.889. The van der Waals surface area contributed by atoms with Gasteiger partial charge in [-0.1, -0.05) is 6.92 Å². The first kappa shape index (κ1) is 11.2. The highest BCUT2D eigenvalue weighted by molar-refractivity contribution is 8.00. The molecule has 2 nitrogen and oxygen atoms in total. The van der Waals surface area contributed by atoms with Crippen molar-refractivity contribution >= 4 is 30.3 Å². The lowest BCUT2D eigenvalue weighted by atomic mass is 10.1. The number of amides is 1. The van der Waals surface area contributed by atoms with Crippen LogP contribution < -0.4 is 0 Å². The summed E-state index contributed by atoms with van der Waals surface area (Å²) in [6, 6.07) is 0. The van der Waals surface area contributed by atoms with Gasteiger partial charge in [0.2, 0.25) is 5.91 Å². The Morgan fingerprint density at radius 3 is 2.69 bits per heavy atom. The highest BCUT2D eigenvalue weighted by Crippen LogP contribution is 2.33. The number of nitrogens with zero attached hydrogens (tertiary/aromatic N) is 1. The Hall–Kier alpha value is 0.170. The van der Waals surface area contributed by atoms with E-state index in [-0.39, 0.29) is 16.6 Å². The number of rotatable bonds is 2. The smallest absolute Gasteiger partial charge is 0.226 e. The molecule has 1 saturated heterocycles. The van der Waals surface area contributed by atoms with Crippen molar-refractivity contribution in [3.63, 3.8) is 0 Å². The molecular weight excluding hydrogens is 202 g/mol. The molecule has 0 spiro atoms. The van der Waals surface area contributed by atoms with Gasteiger partial charge in [-0.25, -0.2) is 0 Å². The fourth-order valence-corrected chi connectivity index (χ4v) is 2.46. The van der Waals surface area contributed by atoms with Crippen LogP contribution in [0.15, 0.2) is 0 Å². The van der Waals surface area contributed by atoms with Crippen LogP contribution in [0.5, 0.6) is 0 Å². The summed E-state index contributed by atoms with van der Waals surface area (Å²) in [5.41, 5.74) is 0. The molecule has 0 aromatic heterocycles. The molecule has 1 aliphatic rings. The first-order valence-electron chi connectivity index (χ1n) is 4.50. The second kappa shape index (κ2) is 4.13. The van der Waals surface area contributed by atoms with Crippen molar-refractivity contribution in [1.82, 2.24) is 4.90 Å². The van der Waals surface area contributed by atoms with Crippen LogP contribution in [0.4, 0.5) is 0 Å². The van der Waals surface area contributed by atoms with E-state index in [9.17, 15) is 4.79 Å². The van der Waals surface area contributed by atoms with E-state index in [0.29, 0.717) is 5.75 Å². The van der Waals surface area contributed by atoms with Crippen molar-refractivity contribution in [3.05, 3.63) is 0 Å². The predicted molar refractivity (Wildman–Crippen MR) is 61.3 cm³/mol. The first-order valence-corrected chi connectivity index (χ1v) is 6.12. The Morgan fingerprint density at radius 2 is 2.31 bits per heavy atom. The molecule has 0 aliphatic carbocycles. The summed E-state index contributed by atoms with van der Waals surface area (Å²) in [6.45, 7) is 7.16. The SMILES string of the molecule is CC(CS)C(=O)N1CSC(C)(C)C1. The Labute approximate surface area is 89.9 Å². The van der Waals surface area contributed by atoms with Crippen LogP contribution in [0.3, 0.4) is 0 Å². The van der Waals surface area contributed by atoms with Crippen molar-refractivity contribution in [2.75, 3.05) is 18.2 Å². The summed E-state index contributed by atoms with van der Waals surface area (Å²) in [7, 11) is 0. The maximum absolute atomic E-state index is 11.7. The van der Waals surface area contributed by atoms with E-state index < -0.39 is 0 Å². The van der Waals surface area contributed by atoms with Crippen LogP contribution in [-0.2, 0) is 4.79 Å². The van der Waals surface area contributed by atoms with Crippen molar-refractivity contribution < 1.29 is 4.79 Å². The van der Waals surface area contributed by atoms with E-state index in [1.54, 1.807) is 0 Å². The van der Waals surface area contributed by atoms with E-state index in [4.69, 9.17) is 0 Å². The highest BCUT2D eigenvalue weighted by Gasteiger charge is 2.33. The first-order chi connectivity index (χ1) is 5.96. The minimum absolute atomic E-state index is 0.0535.